The summed E-state index contributed by atoms with van der Waals surface area (Å²) in [5, 5.41) is 0. The van der Waals surface area contributed by atoms with E-state index in [4.69, 9.17) is 4.84 Å². The molecule has 0 saturated heterocycles. The fourth-order valence-corrected chi connectivity index (χ4v) is 4.18. The largest absolute Gasteiger partial charge is 0.270 e. The van der Waals surface area contributed by atoms with E-state index in [0.717, 1.165) is 28.9 Å². The molecule has 1 aromatic heterocycles. The van der Waals surface area contributed by atoms with Crippen LogP contribution in [0.2, 0.25) is 0 Å². The zero-order chi connectivity index (χ0) is 22.7. The Balaban J connectivity index is 1.73. The van der Waals surface area contributed by atoms with Crippen LogP contribution in [0.25, 0.3) is 33.6 Å². The minimum Gasteiger partial charge on any atom is -0.270 e. The van der Waals surface area contributed by atoms with E-state index in [2.05, 4.69) is 110 Å². The molecule has 4 aromatic rings. The monoisotopic (exact) mass is 436 g/mol. The van der Waals surface area contributed by atoms with E-state index < -0.39 is 0 Å². The fraction of sp³-hybridized carbons (Fsp3) is 0.258. The zero-order valence-corrected chi connectivity index (χ0v) is 19.6. The molecule has 0 aliphatic rings. The van der Waals surface area contributed by atoms with Crippen LogP contribution >= 0.6 is 0 Å². The molecule has 2 heteroatoms. The van der Waals surface area contributed by atoms with Gasteiger partial charge < -0.3 is 0 Å². The third-order valence-corrected chi connectivity index (χ3v) is 5.99. The van der Waals surface area contributed by atoms with Crippen LogP contribution in [-0.2, 0) is 0 Å². The molecule has 0 aliphatic carbocycles. The van der Waals surface area contributed by atoms with Gasteiger partial charge in [0.05, 0.1) is 11.1 Å². The summed E-state index contributed by atoms with van der Waals surface area (Å²) >= 11 is 0. The lowest BCUT2D eigenvalue weighted by Gasteiger charge is -2.11. The topological polar surface area (TPSA) is 13.1 Å². The van der Waals surface area contributed by atoms with Gasteiger partial charge in [-0.15, -0.1) is 0 Å². The van der Waals surface area contributed by atoms with Crippen LogP contribution in [0.3, 0.4) is 0 Å². The van der Waals surface area contributed by atoms with Gasteiger partial charge in [-0.25, -0.2) is 0 Å². The number of hydrogen-bond donors (Lipinski definition) is 0. The lowest BCUT2D eigenvalue weighted by molar-refractivity contribution is -0.874. The Morgan fingerprint density at radius 1 is 0.515 bits per heavy atom. The van der Waals surface area contributed by atoms with Gasteiger partial charge in [-0.2, -0.15) is 0 Å². The van der Waals surface area contributed by atoms with Crippen molar-refractivity contribution in [3.8, 4) is 33.6 Å². The van der Waals surface area contributed by atoms with Crippen molar-refractivity contribution in [3.63, 3.8) is 0 Å². The predicted octanol–water partition coefficient (Wildman–Crippen LogP) is 7.76. The molecular weight excluding hydrogens is 402 g/mol. The Morgan fingerprint density at radius 3 is 1.48 bits per heavy atom. The van der Waals surface area contributed by atoms with Crippen LogP contribution in [-0.4, -0.2) is 6.61 Å². The first-order valence-corrected chi connectivity index (χ1v) is 12.3. The lowest BCUT2D eigenvalue weighted by Crippen LogP contribution is -2.47. The molecule has 33 heavy (non-hydrogen) atoms. The first-order chi connectivity index (χ1) is 16.4. The highest BCUT2D eigenvalue weighted by molar-refractivity contribution is 5.73. The minimum absolute atomic E-state index is 0.709. The number of aromatic nitrogens is 1. The molecular formula is C31H34NO+. The molecule has 2 nitrogen and oxygen atoms in total. The Hall–Kier alpha value is -3.39. The van der Waals surface area contributed by atoms with Gasteiger partial charge in [0.1, 0.15) is 0 Å². The zero-order valence-electron chi connectivity index (χ0n) is 19.6. The van der Waals surface area contributed by atoms with Gasteiger partial charge in [0.25, 0.3) is 11.4 Å². The molecule has 0 N–H and O–H groups in total. The van der Waals surface area contributed by atoms with Crippen molar-refractivity contribution >= 4 is 0 Å². The summed E-state index contributed by atoms with van der Waals surface area (Å²) in [5.41, 5.74) is 6.83. The summed E-state index contributed by atoms with van der Waals surface area (Å²) < 4.78 is 2.04. The molecule has 4 rings (SSSR count). The number of nitrogens with zero attached hydrogens (tertiary/aromatic N) is 1. The second-order valence-corrected chi connectivity index (χ2v) is 8.51. The molecule has 0 amide bonds. The predicted molar refractivity (Wildman–Crippen MR) is 138 cm³/mol. The van der Waals surface area contributed by atoms with Crippen molar-refractivity contribution in [1.82, 2.24) is 0 Å². The third kappa shape index (κ3) is 6.10. The van der Waals surface area contributed by atoms with Crippen molar-refractivity contribution in [2.24, 2.45) is 0 Å². The van der Waals surface area contributed by atoms with E-state index in [1.807, 2.05) is 4.73 Å². The van der Waals surface area contributed by atoms with Crippen molar-refractivity contribution in [2.75, 3.05) is 6.61 Å². The number of pyridine rings is 1. The summed E-state index contributed by atoms with van der Waals surface area (Å²) in [7, 11) is 0. The van der Waals surface area contributed by atoms with Gasteiger partial charge in [-0.3, -0.25) is 4.84 Å². The summed E-state index contributed by atoms with van der Waals surface area (Å²) in [6.07, 6.45) is 7.49. The number of rotatable bonds is 11. The van der Waals surface area contributed by atoms with Gasteiger partial charge in [0.2, 0.25) is 0 Å². The summed E-state index contributed by atoms with van der Waals surface area (Å²) in [4.78, 5) is 6.49. The molecule has 0 unspecified atom stereocenters. The van der Waals surface area contributed by atoms with Crippen LogP contribution in [0.15, 0.2) is 103 Å². The molecule has 3 aromatic carbocycles. The number of unbranched alkanes of at least 4 members (excludes halogenated alkanes) is 5. The maximum Gasteiger partial charge on any atom is 0.266 e. The second-order valence-electron chi connectivity index (χ2n) is 8.51. The molecule has 1 heterocycles. The number of benzene rings is 3. The van der Waals surface area contributed by atoms with Crippen molar-refractivity contribution in [1.29, 1.82) is 0 Å². The van der Waals surface area contributed by atoms with Gasteiger partial charge in [0.15, 0.2) is 6.61 Å². The van der Waals surface area contributed by atoms with Crippen molar-refractivity contribution in [3.05, 3.63) is 103 Å². The fourth-order valence-electron chi connectivity index (χ4n) is 4.18. The van der Waals surface area contributed by atoms with E-state index in [1.54, 1.807) is 0 Å². The quantitative estimate of drug-likeness (QED) is 0.173. The Labute approximate surface area is 198 Å². The number of hydrogen-bond acceptors (Lipinski definition) is 1. The van der Waals surface area contributed by atoms with E-state index in [1.165, 1.54) is 43.2 Å². The van der Waals surface area contributed by atoms with Gasteiger partial charge in [0, 0.05) is 16.9 Å². The van der Waals surface area contributed by atoms with Crippen LogP contribution in [0.4, 0.5) is 0 Å². The first kappa shape index (κ1) is 22.8. The normalized spacial score (nSPS) is 10.8. The van der Waals surface area contributed by atoms with Crippen LogP contribution in [0.1, 0.15) is 45.4 Å². The average molecular weight is 437 g/mol. The highest BCUT2D eigenvalue weighted by Gasteiger charge is 2.25. The minimum atomic E-state index is 0.709. The molecule has 0 bridgehead atoms. The maximum absolute atomic E-state index is 6.49. The molecule has 0 fully saturated rings. The molecule has 0 saturated carbocycles. The van der Waals surface area contributed by atoms with Crippen LogP contribution in [0, 0.1) is 0 Å². The summed E-state index contributed by atoms with van der Waals surface area (Å²) in [6.45, 7) is 2.97. The summed E-state index contributed by atoms with van der Waals surface area (Å²) in [5.74, 6) is 0. The SMILES string of the molecule is CCCCCCCCO[n+]1c(-c2ccccc2)cc(-c2ccccc2)cc1-c1ccccc1. The molecule has 168 valence electrons. The molecule has 0 atom stereocenters. The van der Waals surface area contributed by atoms with Gasteiger partial charge in [-0.05, 0) is 48.2 Å². The third-order valence-electron chi connectivity index (χ3n) is 5.99. The molecule has 0 aliphatic heterocycles. The Morgan fingerprint density at radius 2 is 0.970 bits per heavy atom. The second kappa shape index (κ2) is 12.0. The summed E-state index contributed by atoms with van der Waals surface area (Å²) in [6, 6.07) is 36.2. The van der Waals surface area contributed by atoms with E-state index in [0.29, 0.717) is 6.61 Å². The van der Waals surface area contributed by atoms with E-state index in [-0.39, 0.29) is 0 Å². The highest BCUT2D eigenvalue weighted by atomic mass is 16.7. The van der Waals surface area contributed by atoms with Gasteiger partial charge in [-0.1, -0.05) is 99.3 Å². The Bertz CT molecular complexity index is 1050. The van der Waals surface area contributed by atoms with Crippen molar-refractivity contribution < 1.29 is 9.57 Å². The first-order valence-electron chi connectivity index (χ1n) is 12.3. The van der Waals surface area contributed by atoms with E-state index in [9.17, 15) is 0 Å². The van der Waals surface area contributed by atoms with Crippen molar-refractivity contribution in [2.45, 2.75) is 45.4 Å². The average Bonchev–Trinajstić information content (AvgIpc) is 2.89. The standard InChI is InChI=1S/C31H34NO/c1-2-3-4-5-6-16-23-33-32-30(27-19-12-8-13-20-27)24-29(26-17-10-7-11-18-26)25-31(32)28-21-14-9-15-22-28/h7-15,17-22,24-25H,2-6,16,23H2,1H3/q+1. The smallest absolute Gasteiger partial charge is 0.266 e. The Kier molecular flexibility index (Phi) is 8.30. The molecule has 0 spiro atoms. The van der Waals surface area contributed by atoms with Crippen LogP contribution < -0.4 is 9.57 Å². The van der Waals surface area contributed by atoms with Gasteiger partial charge >= 0.3 is 0 Å². The highest BCUT2D eigenvalue weighted by Crippen LogP contribution is 2.28. The maximum atomic E-state index is 6.49. The lowest BCUT2D eigenvalue weighted by atomic mass is 10.00. The molecule has 0 radical (unpaired) electrons. The van der Waals surface area contributed by atoms with Crippen LogP contribution in [0.5, 0.6) is 0 Å². The van der Waals surface area contributed by atoms with E-state index >= 15 is 0 Å².